The van der Waals surface area contributed by atoms with Crippen LogP contribution in [0.2, 0.25) is 0 Å². The minimum atomic E-state index is -4.33. The van der Waals surface area contributed by atoms with Crippen LogP contribution in [0.4, 0.5) is 13.2 Å². The fourth-order valence-electron chi connectivity index (χ4n) is 1.15. The molecule has 0 bridgehead atoms. The minimum absolute atomic E-state index is 0.0756. The van der Waals surface area contributed by atoms with Crippen LogP contribution in [0, 0.1) is 0 Å². The molecule has 1 nitrogen and oxygen atoms in total. The quantitative estimate of drug-likeness (QED) is 0.729. The first kappa shape index (κ1) is 10.6. The van der Waals surface area contributed by atoms with Gasteiger partial charge in [-0.3, -0.25) is 0 Å². The summed E-state index contributed by atoms with van der Waals surface area (Å²) in [7, 11) is 0. The van der Waals surface area contributed by atoms with Crippen molar-refractivity contribution in [1.29, 1.82) is 0 Å². The van der Waals surface area contributed by atoms with Crippen molar-refractivity contribution in [3.63, 3.8) is 0 Å². The van der Waals surface area contributed by atoms with Gasteiger partial charge in [-0.1, -0.05) is 18.2 Å². The molecule has 0 heterocycles. The maximum Gasteiger partial charge on any atom is 0.416 e. The van der Waals surface area contributed by atoms with Crippen LogP contribution in [-0.2, 0) is 12.6 Å². The van der Waals surface area contributed by atoms with Crippen molar-refractivity contribution in [2.75, 3.05) is 0 Å². The molecule has 0 radical (unpaired) electrons. The number of benzene rings is 1. The molecular weight excluding hydrogens is 193 g/mol. The Morgan fingerprint density at radius 2 is 1.86 bits per heavy atom. The van der Waals surface area contributed by atoms with Gasteiger partial charge in [-0.2, -0.15) is 13.2 Å². The minimum Gasteiger partial charge on any atom is -0.516 e. The number of halogens is 3. The SMILES string of the molecule is O/C=C/Cc1ccccc1C(F)(F)F. The van der Waals surface area contributed by atoms with E-state index in [0.717, 1.165) is 12.3 Å². The van der Waals surface area contributed by atoms with E-state index in [2.05, 4.69) is 0 Å². The van der Waals surface area contributed by atoms with Crippen molar-refractivity contribution in [2.45, 2.75) is 12.6 Å². The van der Waals surface area contributed by atoms with Crippen molar-refractivity contribution in [3.05, 3.63) is 47.7 Å². The highest BCUT2D eigenvalue weighted by atomic mass is 19.4. The third-order valence-electron chi connectivity index (χ3n) is 1.77. The van der Waals surface area contributed by atoms with Gasteiger partial charge in [0.15, 0.2) is 0 Å². The van der Waals surface area contributed by atoms with E-state index in [1.54, 1.807) is 0 Å². The Balaban J connectivity index is 3.03. The molecular formula is C10H9F3O. The van der Waals surface area contributed by atoms with Gasteiger partial charge >= 0.3 is 6.18 Å². The van der Waals surface area contributed by atoms with E-state index in [4.69, 9.17) is 5.11 Å². The van der Waals surface area contributed by atoms with E-state index in [1.165, 1.54) is 24.3 Å². The van der Waals surface area contributed by atoms with Gasteiger partial charge in [0.25, 0.3) is 0 Å². The predicted molar refractivity (Wildman–Crippen MR) is 46.9 cm³/mol. The van der Waals surface area contributed by atoms with Crippen molar-refractivity contribution >= 4 is 0 Å². The molecule has 1 rings (SSSR count). The molecule has 0 aromatic heterocycles. The number of hydrogen-bond donors (Lipinski definition) is 1. The molecule has 0 atom stereocenters. The highest BCUT2D eigenvalue weighted by Gasteiger charge is 2.32. The Bertz CT molecular complexity index is 328. The van der Waals surface area contributed by atoms with Crippen molar-refractivity contribution in [3.8, 4) is 0 Å². The standard InChI is InChI=1S/C10H9F3O/c11-10(12,13)9-6-2-1-4-8(9)5-3-7-14/h1-4,6-7,14H,5H2/b7-3+. The number of aliphatic hydroxyl groups excluding tert-OH is 1. The van der Waals surface area contributed by atoms with E-state index in [0.29, 0.717) is 0 Å². The van der Waals surface area contributed by atoms with Crippen LogP contribution in [0.25, 0.3) is 0 Å². The Kier molecular flexibility index (Phi) is 3.17. The summed E-state index contributed by atoms with van der Waals surface area (Å²) in [6.07, 6.45) is -2.25. The zero-order valence-corrected chi connectivity index (χ0v) is 7.25. The van der Waals surface area contributed by atoms with Crippen LogP contribution < -0.4 is 0 Å². The Labute approximate surface area is 79.5 Å². The summed E-state index contributed by atoms with van der Waals surface area (Å²) in [5, 5.41) is 8.36. The van der Waals surface area contributed by atoms with E-state index in [9.17, 15) is 13.2 Å². The van der Waals surface area contributed by atoms with E-state index in [1.807, 2.05) is 0 Å². The van der Waals surface area contributed by atoms with Gasteiger partial charge in [0.1, 0.15) is 0 Å². The van der Waals surface area contributed by atoms with E-state index in [-0.39, 0.29) is 12.0 Å². The molecule has 76 valence electrons. The second kappa shape index (κ2) is 4.17. The molecule has 1 aromatic carbocycles. The highest BCUT2D eigenvalue weighted by molar-refractivity contribution is 5.31. The average molecular weight is 202 g/mol. The monoisotopic (exact) mass is 202 g/mol. The number of allylic oxidation sites excluding steroid dienone is 1. The second-order valence-corrected chi connectivity index (χ2v) is 2.74. The van der Waals surface area contributed by atoms with E-state index >= 15 is 0 Å². The maximum absolute atomic E-state index is 12.4. The smallest absolute Gasteiger partial charge is 0.416 e. The highest BCUT2D eigenvalue weighted by Crippen LogP contribution is 2.31. The van der Waals surface area contributed by atoms with Gasteiger partial charge in [-0.05, 0) is 24.1 Å². The normalized spacial score (nSPS) is 12.2. The van der Waals surface area contributed by atoms with Crippen LogP contribution in [0.15, 0.2) is 36.6 Å². The van der Waals surface area contributed by atoms with Gasteiger partial charge in [0.05, 0.1) is 11.8 Å². The summed E-state index contributed by atoms with van der Waals surface area (Å²) < 4.78 is 37.2. The Morgan fingerprint density at radius 1 is 1.21 bits per heavy atom. The van der Waals surface area contributed by atoms with Gasteiger partial charge in [-0.25, -0.2) is 0 Å². The van der Waals surface area contributed by atoms with Gasteiger partial charge < -0.3 is 5.11 Å². The third-order valence-corrected chi connectivity index (χ3v) is 1.77. The molecule has 0 fully saturated rings. The van der Waals surface area contributed by atoms with Gasteiger partial charge in [0, 0.05) is 0 Å². The third kappa shape index (κ3) is 2.52. The lowest BCUT2D eigenvalue weighted by Crippen LogP contribution is -2.08. The summed E-state index contributed by atoms with van der Waals surface area (Å²) in [5.41, 5.74) is -0.497. The molecule has 0 saturated carbocycles. The molecule has 14 heavy (non-hydrogen) atoms. The lowest BCUT2D eigenvalue weighted by atomic mass is 10.0. The Hall–Kier alpha value is -1.45. The van der Waals surface area contributed by atoms with Gasteiger partial charge in [0.2, 0.25) is 0 Å². The summed E-state index contributed by atoms with van der Waals surface area (Å²) in [6.45, 7) is 0. The van der Waals surface area contributed by atoms with Crippen LogP contribution in [0.1, 0.15) is 11.1 Å². The summed E-state index contributed by atoms with van der Waals surface area (Å²) in [6, 6.07) is 5.30. The fourth-order valence-corrected chi connectivity index (χ4v) is 1.15. The van der Waals surface area contributed by atoms with Crippen LogP contribution in [0.3, 0.4) is 0 Å². The topological polar surface area (TPSA) is 20.2 Å². The summed E-state index contributed by atoms with van der Waals surface area (Å²) >= 11 is 0. The fraction of sp³-hybridized carbons (Fsp3) is 0.200. The molecule has 1 aromatic rings. The number of alkyl halides is 3. The van der Waals surface area contributed by atoms with Crippen LogP contribution in [-0.4, -0.2) is 5.11 Å². The molecule has 0 aliphatic heterocycles. The molecule has 0 aliphatic carbocycles. The second-order valence-electron chi connectivity index (χ2n) is 2.74. The average Bonchev–Trinajstić information content (AvgIpc) is 2.14. The maximum atomic E-state index is 12.4. The number of hydrogen-bond acceptors (Lipinski definition) is 1. The van der Waals surface area contributed by atoms with Crippen LogP contribution in [0.5, 0.6) is 0 Å². The summed E-state index contributed by atoms with van der Waals surface area (Å²) in [5.74, 6) is 0. The Morgan fingerprint density at radius 3 is 2.43 bits per heavy atom. The van der Waals surface area contributed by atoms with Crippen molar-refractivity contribution in [2.24, 2.45) is 0 Å². The lowest BCUT2D eigenvalue weighted by molar-refractivity contribution is -0.138. The molecule has 0 amide bonds. The van der Waals surface area contributed by atoms with Gasteiger partial charge in [-0.15, -0.1) is 0 Å². The first-order valence-corrected chi connectivity index (χ1v) is 4.00. The first-order valence-electron chi connectivity index (χ1n) is 4.00. The largest absolute Gasteiger partial charge is 0.516 e. The zero-order chi connectivity index (χ0) is 10.6. The molecule has 0 spiro atoms. The molecule has 0 saturated heterocycles. The first-order chi connectivity index (χ1) is 6.55. The molecule has 0 aliphatic rings. The molecule has 1 N–H and O–H groups in total. The summed E-state index contributed by atoms with van der Waals surface area (Å²) in [4.78, 5) is 0. The number of rotatable bonds is 2. The molecule has 4 heteroatoms. The lowest BCUT2D eigenvalue weighted by Gasteiger charge is -2.10. The molecule has 0 unspecified atom stereocenters. The zero-order valence-electron chi connectivity index (χ0n) is 7.25. The number of aliphatic hydroxyl groups is 1. The van der Waals surface area contributed by atoms with E-state index < -0.39 is 11.7 Å². The van der Waals surface area contributed by atoms with Crippen molar-refractivity contribution in [1.82, 2.24) is 0 Å². The predicted octanol–water partition coefficient (Wildman–Crippen LogP) is 3.32. The van der Waals surface area contributed by atoms with Crippen LogP contribution >= 0.6 is 0 Å². The van der Waals surface area contributed by atoms with Crippen molar-refractivity contribution < 1.29 is 18.3 Å².